The van der Waals surface area contributed by atoms with Crippen LogP contribution in [0.1, 0.15) is 31.4 Å². The largest absolute Gasteiger partial charge is 0.393 e. The lowest BCUT2D eigenvalue weighted by molar-refractivity contribution is 0.126. The maximum atomic E-state index is 9.44. The Morgan fingerprint density at radius 2 is 2.00 bits per heavy atom. The molecule has 1 fully saturated rings. The number of pyridine rings is 1. The minimum Gasteiger partial charge on any atom is -0.393 e. The zero-order valence-corrected chi connectivity index (χ0v) is 11.0. The molecule has 0 spiro atoms. The molecule has 0 unspecified atom stereocenters. The Hall–Kier alpha value is -0.610. The monoisotopic (exact) mass is 284 g/mol. The summed E-state index contributed by atoms with van der Waals surface area (Å²) in [4.78, 5) is 4.36. The van der Waals surface area contributed by atoms with E-state index in [0.717, 1.165) is 41.7 Å². The number of hydrogen-bond acceptors (Lipinski definition) is 3. The topological polar surface area (TPSA) is 45.2 Å². The van der Waals surface area contributed by atoms with Gasteiger partial charge in [-0.15, -0.1) is 0 Å². The second-order valence-corrected chi connectivity index (χ2v) is 5.23. The summed E-state index contributed by atoms with van der Waals surface area (Å²) in [7, 11) is 0. The van der Waals surface area contributed by atoms with Crippen LogP contribution >= 0.6 is 15.9 Å². The summed E-state index contributed by atoms with van der Waals surface area (Å²) in [6.45, 7) is 2.00. The average molecular weight is 285 g/mol. The third kappa shape index (κ3) is 2.95. The molecule has 4 heteroatoms. The van der Waals surface area contributed by atoms with Gasteiger partial charge in [-0.1, -0.05) is 0 Å². The fourth-order valence-corrected chi connectivity index (χ4v) is 2.52. The van der Waals surface area contributed by atoms with Gasteiger partial charge in [0.25, 0.3) is 0 Å². The standard InChI is InChI=1S/C12H17BrN2O/c1-8-11(6-7-12(13)14-8)15-9-2-4-10(16)5-3-9/h6-7,9-10,15-16H,2-5H2,1H3. The normalized spacial score (nSPS) is 25.4. The molecule has 0 saturated heterocycles. The maximum Gasteiger partial charge on any atom is 0.106 e. The predicted molar refractivity (Wildman–Crippen MR) is 68.6 cm³/mol. The lowest BCUT2D eigenvalue weighted by Crippen LogP contribution is -2.28. The number of aryl methyl sites for hydroxylation is 1. The molecular formula is C12H17BrN2O. The van der Waals surface area contributed by atoms with E-state index in [1.54, 1.807) is 0 Å². The van der Waals surface area contributed by atoms with Crippen molar-refractivity contribution in [3.63, 3.8) is 0 Å². The molecule has 1 aromatic rings. The van der Waals surface area contributed by atoms with Gasteiger partial charge in [0.05, 0.1) is 17.5 Å². The molecule has 0 bridgehead atoms. The van der Waals surface area contributed by atoms with Crippen molar-refractivity contribution in [3.05, 3.63) is 22.4 Å². The van der Waals surface area contributed by atoms with Crippen LogP contribution in [0.25, 0.3) is 0 Å². The van der Waals surface area contributed by atoms with Gasteiger partial charge in [-0.25, -0.2) is 4.98 Å². The van der Waals surface area contributed by atoms with Crippen molar-refractivity contribution in [1.29, 1.82) is 0 Å². The second kappa shape index (κ2) is 5.15. The Kier molecular flexibility index (Phi) is 3.82. The van der Waals surface area contributed by atoms with E-state index in [1.165, 1.54) is 0 Å². The number of hydrogen-bond donors (Lipinski definition) is 2. The minimum atomic E-state index is -0.0952. The molecule has 1 saturated carbocycles. The molecule has 0 aromatic carbocycles. The number of nitrogens with zero attached hydrogens (tertiary/aromatic N) is 1. The van der Waals surface area contributed by atoms with Crippen molar-refractivity contribution < 1.29 is 5.11 Å². The van der Waals surface area contributed by atoms with Crippen LogP contribution in [0.15, 0.2) is 16.7 Å². The van der Waals surface area contributed by atoms with E-state index in [1.807, 2.05) is 13.0 Å². The first-order valence-corrected chi connectivity index (χ1v) is 6.52. The molecule has 1 aliphatic rings. The zero-order valence-electron chi connectivity index (χ0n) is 9.41. The summed E-state index contributed by atoms with van der Waals surface area (Å²) in [5.74, 6) is 0. The first-order valence-electron chi connectivity index (χ1n) is 5.73. The van der Waals surface area contributed by atoms with Crippen LogP contribution in [0.5, 0.6) is 0 Å². The van der Waals surface area contributed by atoms with Gasteiger partial charge in [-0.3, -0.25) is 0 Å². The third-order valence-corrected chi connectivity index (χ3v) is 3.55. The molecular weight excluding hydrogens is 268 g/mol. The molecule has 3 nitrogen and oxygen atoms in total. The highest BCUT2D eigenvalue weighted by atomic mass is 79.9. The van der Waals surface area contributed by atoms with Crippen molar-refractivity contribution in [2.24, 2.45) is 0 Å². The van der Waals surface area contributed by atoms with Crippen molar-refractivity contribution in [1.82, 2.24) is 4.98 Å². The molecule has 1 aliphatic carbocycles. The molecule has 2 N–H and O–H groups in total. The first-order chi connectivity index (χ1) is 7.65. The quantitative estimate of drug-likeness (QED) is 0.821. The van der Waals surface area contributed by atoms with Crippen LogP contribution in [0.3, 0.4) is 0 Å². The highest BCUT2D eigenvalue weighted by Crippen LogP contribution is 2.24. The van der Waals surface area contributed by atoms with Gasteiger partial charge in [0, 0.05) is 6.04 Å². The Labute approximate surface area is 104 Å². The Morgan fingerprint density at radius 3 is 2.62 bits per heavy atom. The SMILES string of the molecule is Cc1nc(Br)ccc1NC1CCC(O)CC1. The summed E-state index contributed by atoms with van der Waals surface area (Å²) in [6, 6.07) is 4.48. The first kappa shape index (κ1) is 11.9. The highest BCUT2D eigenvalue weighted by molar-refractivity contribution is 9.10. The smallest absolute Gasteiger partial charge is 0.106 e. The van der Waals surface area contributed by atoms with Crippen LogP contribution < -0.4 is 5.32 Å². The summed E-state index contributed by atoms with van der Waals surface area (Å²) < 4.78 is 0.870. The maximum absolute atomic E-state index is 9.44. The van der Waals surface area contributed by atoms with E-state index in [2.05, 4.69) is 32.3 Å². The van der Waals surface area contributed by atoms with Gasteiger partial charge in [0.1, 0.15) is 4.60 Å². The van der Waals surface area contributed by atoms with Gasteiger partial charge in [-0.2, -0.15) is 0 Å². The van der Waals surface area contributed by atoms with Crippen molar-refractivity contribution >= 4 is 21.6 Å². The zero-order chi connectivity index (χ0) is 11.5. The van der Waals surface area contributed by atoms with Gasteiger partial charge >= 0.3 is 0 Å². The molecule has 16 heavy (non-hydrogen) atoms. The Balaban J connectivity index is 1.98. The molecule has 1 aromatic heterocycles. The fraction of sp³-hybridized carbons (Fsp3) is 0.583. The number of aliphatic hydroxyl groups is 1. The second-order valence-electron chi connectivity index (χ2n) is 4.42. The minimum absolute atomic E-state index is 0.0952. The van der Waals surface area contributed by atoms with E-state index >= 15 is 0 Å². The number of anilines is 1. The van der Waals surface area contributed by atoms with Gasteiger partial charge in [0.15, 0.2) is 0 Å². The van der Waals surface area contributed by atoms with Crippen LogP contribution in [-0.2, 0) is 0 Å². The Bertz CT molecular complexity index is 362. The van der Waals surface area contributed by atoms with E-state index < -0.39 is 0 Å². The van der Waals surface area contributed by atoms with E-state index in [9.17, 15) is 5.11 Å². The van der Waals surface area contributed by atoms with Crippen molar-refractivity contribution in [2.45, 2.75) is 44.8 Å². The third-order valence-electron chi connectivity index (χ3n) is 3.11. The van der Waals surface area contributed by atoms with E-state index in [0.29, 0.717) is 6.04 Å². The summed E-state index contributed by atoms with van der Waals surface area (Å²) in [5.41, 5.74) is 2.12. The summed E-state index contributed by atoms with van der Waals surface area (Å²) in [6.07, 6.45) is 3.79. The average Bonchev–Trinajstić information content (AvgIpc) is 2.25. The predicted octanol–water partition coefficient (Wildman–Crippen LogP) is 2.87. The number of aromatic nitrogens is 1. The molecule has 88 valence electrons. The van der Waals surface area contributed by atoms with Crippen LogP contribution in [0, 0.1) is 6.92 Å². The molecule has 0 aliphatic heterocycles. The van der Waals surface area contributed by atoms with Crippen molar-refractivity contribution in [3.8, 4) is 0 Å². The fourth-order valence-electron chi connectivity index (χ4n) is 2.12. The van der Waals surface area contributed by atoms with Gasteiger partial charge in [0.2, 0.25) is 0 Å². The molecule has 0 atom stereocenters. The highest BCUT2D eigenvalue weighted by Gasteiger charge is 2.19. The lowest BCUT2D eigenvalue weighted by atomic mass is 9.93. The van der Waals surface area contributed by atoms with E-state index in [-0.39, 0.29) is 6.10 Å². The van der Waals surface area contributed by atoms with E-state index in [4.69, 9.17) is 0 Å². The molecule has 2 rings (SSSR count). The molecule has 0 radical (unpaired) electrons. The summed E-state index contributed by atoms with van der Waals surface area (Å²) in [5, 5.41) is 12.9. The lowest BCUT2D eigenvalue weighted by Gasteiger charge is -2.27. The van der Waals surface area contributed by atoms with Crippen LogP contribution in [-0.4, -0.2) is 22.2 Å². The summed E-state index contributed by atoms with van der Waals surface area (Å²) >= 11 is 3.36. The molecule has 1 heterocycles. The Morgan fingerprint density at radius 1 is 1.31 bits per heavy atom. The van der Waals surface area contributed by atoms with Gasteiger partial charge in [-0.05, 0) is 60.7 Å². The van der Waals surface area contributed by atoms with Crippen molar-refractivity contribution in [2.75, 3.05) is 5.32 Å². The number of nitrogens with one attached hydrogen (secondary N) is 1. The molecule has 0 amide bonds. The number of rotatable bonds is 2. The van der Waals surface area contributed by atoms with Gasteiger partial charge < -0.3 is 10.4 Å². The van der Waals surface area contributed by atoms with Crippen LogP contribution in [0.4, 0.5) is 5.69 Å². The number of halogens is 1. The van der Waals surface area contributed by atoms with Crippen LogP contribution in [0.2, 0.25) is 0 Å². The number of aliphatic hydroxyl groups excluding tert-OH is 1.